The number of hydrogen-bond acceptors (Lipinski definition) is 4. The Morgan fingerprint density at radius 3 is 2.68 bits per heavy atom. The van der Waals surface area contributed by atoms with Gasteiger partial charge >= 0.3 is 5.97 Å². The van der Waals surface area contributed by atoms with E-state index in [1.807, 2.05) is 11.8 Å². The molecule has 106 valence electrons. The Hall–Kier alpha value is -0.550. The lowest BCUT2D eigenvalue weighted by atomic mass is 9.98. The minimum Gasteiger partial charge on any atom is -0.481 e. The van der Waals surface area contributed by atoms with E-state index in [0.29, 0.717) is 6.42 Å². The molecule has 0 aromatic carbocycles. The second kappa shape index (κ2) is 5.44. The zero-order chi connectivity index (χ0) is 14.1. The van der Waals surface area contributed by atoms with Gasteiger partial charge in [0, 0.05) is 16.5 Å². The first-order chi connectivity index (χ1) is 8.81. The number of thiazole rings is 1. The zero-order valence-corrected chi connectivity index (χ0v) is 13.4. The third-order valence-corrected chi connectivity index (χ3v) is 5.97. The van der Waals surface area contributed by atoms with Crippen LogP contribution < -0.4 is 0 Å². The number of thioether (sulfide) groups is 1. The summed E-state index contributed by atoms with van der Waals surface area (Å²) in [6.07, 6.45) is 2.46. The van der Waals surface area contributed by atoms with Crippen molar-refractivity contribution < 1.29 is 9.90 Å². The third kappa shape index (κ3) is 4.21. The lowest BCUT2D eigenvalue weighted by Crippen LogP contribution is -2.11. The summed E-state index contributed by atoms with van der Waals surface area (Å²) in [5.74, 6) is 1.18. The standard InChI is InChI=1S/C14H21NO2S2/c1-13(2,3)12-15-10(8-19-12)7-18-9-14(4-5-14)6-11(16)17/h8H,4-7,9H2,1-3H3,(H,16,17). The summed E-state index contributed by atoms with van der Waals surface area (Å²) in [6, 6.07) is 0. The molecule has 0 aliphatic heterocycles. The highest BCUT2D eigenvalue weighted by molar-refractivity contribution is 7.98. The maximum absolute atomic E-state index is 10.8. The summed E-state index contributed by atoms with van der Waals surface area (Å²) in [4.78, 5) is 15.4. The number of aromatic nitrogens is 1. The van der Waals surface area contributed by atoms with Gasteiger partial charge in [-0.2, -0.15) is 11.8 Å². The van der Waals surface area contributed by atoms with E-state index in [4.69, 9.17) is 5.11 Å². The van der Waals surface area contributed by atoms with Crippen LogP contribution >= 0.6 is 23.1 Å². The van der Waals surface area contributed by atoms with E-state index in [0.717, 1.165) is 30.0 Å². The second-order valence-corrected chi connectivity index (χ2v) is 8.30. The van der Waals surface area contributed by atoms with Gasteiger partial charge in [-0.1, -0.05) is 20.8 Å². The first-order valence-electron chi connectivity index (χ1n) is 6.55. The van der Waals surface area contributed by atoms with Gasteiger partial charge in [-0.3, -0.25) is 4.79 Å². The molecule has 1 heterocycles. The van der Waals surface area contributed by atoms with Crippen LogP contribution in [0.2, 0.25) is 0 Å². The van der Waals surface area contributed by atoms with Gasteiger partial charge in [-0.05, 0) is 24.0 Å². The van der Waals surface area contributed by atoms with Crippen molar-refractivity contribution in [2.45, 2.75) is 51.2 Å². The quantitative estimate of drug-likeness (QED) is 0.864. The molecule has 2 rings (SSSR count). The van der Waals surface area contributed by atoms with Crippen LogP contribution in [0.1, 0.15) is 50.7 Å². The highest BCUT2D eigenvalue weighted by atomic mass is 32.2. The van der Waals surface area contributed by atoms with Crippen LogP contribution in [-0.2, 0) is 16.0 Å². The molecule has 0 bridgehead atoms. The molecule has 0 spiro atoms. The largest absolute Gasteiger partial charge is 0.481 e. The summed E-state index contributed by atoms with van der Waals surface area (Å²) < 4.78 is 0. The molecule has 5 heteroatoms. The van der Waals surface area contributed by atoms with Gasteiger partial charge in [0.25, 0.3) is 0 Å². The zero-order valence-electron chi connectivity index (χ0n) is 11.7. The van der Waals surface area contributed by atoms with Gasteiger partial charge in [0.2, 0.25) is 0 Å². The average molecular weight is 299 g/mol. The lowest BCUT2D eigenvalue weighted by molar-refractivity contribution is -0.138. The van der Waals surface area contributed by atoms with E-state index in [-0.39, 0.29) is 10.8 Å². The first-order valence-corrected chi connectivity index (χ1v) is 8.59. The molecule has 1 saturated carbocycles. The summed E-state index contributed by atoms with van der Waals surface area (Å²) in [7, 11) is 0. The smallest absolute Gasteiger partial charge is 0.303 e. The molecule has 1 aliphatic carbocycles. The molecule has 1 aromatic rings. The van der Waals surface area contributed by atoms with Crippen molar-refractivity contribution in [3.63, 3.8) is 0 Å². The third-order valence-electron chi connectivity index (χ3n) is 3.33. The van der Waals surface area contributed by atoms with Crippen LogP contribution in [0.4, 0.5) is 0 Å². The van der Waals surface area contributed by atoms with Gasteiger partial charge in [0.1, 0.15) is 0 Å². The van der Waals surface area contributed by atoms with Crippen molar-refractivity contribution in [2.75, 3.05) is 5.75 Å². The second-order valence-electron chi connectivity index (χ2n) is 6.46. The number of carboxylic acids is 1. The number of nitrogens with zero attached hydrogens (tertiary/aromatic N) is 1. The Bertz CT molecular complexity index is 458. The topological polar surface area (TPSA) is 50.2 Å². The molecule has 0 unspecified atom stereocenters. The molecule has 1 aliphatic rings. The lowest BCUT2D eigenvalue weighted by Gasteiger charge is -2.13. The van der Waals surface area contributed by atoms with Crippen molar-refractivity contribution in [1.82, 2.24) is 4.98 Å². The summed E-state index contributed by atoms with van der Waals surface area (Å²) in [5, 5.41) is 12.2. The van der Waals surface area contributed by atoms with Crippen molar-refractivity contribution in [2.24, 2.45) is 5.41 Å². The molecule has 1 fully saturated rings. The van der Waals surface area contributed by atoms with Gasteiger partial charge < -0.3 is 5.11 Å². The van der Waals surface area contributed by atoms with E-state index in [2.05, 4.69) is 31.1 Å². The maximum atomic E-state index is 10.8. The minimum atomic E-state index is -0.665. The van der Waals surface area contributed by atoms with Gasteiger partial charge in [0.15, 0.2) is 0 Å². The van der Waals surface area contributed by atoms with Crippen LogP contribution in [0.3, 0.4) is 0 Å². The number of aliphatic carboxylic acids is 1. The molecule has 1 N–H and O–H groups in total. The molecule has 0 atom stereocenters. The fourth-order valence-corrected chi connectivity index (χ4v) is 4.26. The van der Waals surface area contributed by atoms with Gasteiger partial charge in [-0.25, -0.2) is 4.98 Å². The van der Waals surface area contributed by atoms with Crippen molar-refractivity contribution >= 4 is 29.1 Å². The molecule has 19 heavy (non-hydrogen) atoms. The SMILES string of the molecule is CC(C)(C)c1nc(CSCC2(CC(=O)O)CC2)cs1. The number of carboxylic acid groups (broad SMARTS) is 1. The summed E-state index contributed by atoms with van der Waals surface area (Å²) >= 11 is 3.54. The van der Waals surface area contributed by atoms with E-state index >= 15 is 0 Å². The number of rotatable bonds is 6. The molecule has 0 radical (unpaired) electrons. The Kier molecular flexibility index (Phi) is 4.26. The summed E-state index contributed by atoms with van der Waals surface area (Å²) in [6.45, 7) is 6.53. The molecular weight excluding hydrogens is 278 g/mol. The Morgan fingerprint density at radius 1 is 1.53 bits per heavy atom. The van der Waals surface area contributed by atoms with Crippen LogP contribution in [0, 0.1) is 5.41 Å². The van der Waals surface area contributed by atoms with Crippen molar-refractivity contribution in [3.05, 3.63) is 16.1 Å². The molecular formula is C14H21NO2S2. The van der Waals surface area contributed by atoms with E-state index < -0.39 is 5.97 Å². The predicted octanol–water partition coefficient (Wildman–Crippen LogP) is 3.93. The fraction of sp³-hybridized carbons (Fsp3) is 0.714. The fourth-order valence-electron chi connectivity index (χ4n) is 1.96. The van der Waals surface area contributed by atoms with Crippen LogP contribution in [0.25, 0.3) is 0 Å². The number of hydrogen-bond donors (Lipinski definition) is 1. The van der Waals surface area contributed by atoms with Crippen LogP contribution in [0.5, 0.6) is 0 Å². The normalized spacial score (nSPS) is 17.4. The van der Waals surface area contributed by atoms with Gasteiger partial charge in [0.05, 0.1) is 17.1 Å². The predicted molar refractivity (Wildman–Crippen MR) is 80.9 cm³/mol. The average Bonchev–Trinajstić information content (AvgIpc) is 2.85. The maximum Gasteiger partial charge on any atom is 0.303 e. The highest BCUT2D eigenvalue weighted by Gasteiger charge is 2.44. The van der Waals surface area contributed by atoms with Crippen molar-refractivity contribution in [3.8, 4) is 0 Å². The summed E-state index contributed by atoms with van der Waals surface area (Å²) in [5.41, 5.74) is 1.33. The van der Waals surface area contributed by atoms with Crippen LogP contribution in [0.15, 0.2) is 5.38 Å². The number of carbonyl (C=O) groups is 1. The molecule has 1 aromatic heterocycles. The monoisotopic (exact) mass is 299 g/mol. The highest BCUT2D eigenvalue weighted by Crippen LogP contribution is 2.51. The Labute approximate surface area is 122 Å². The van der Waals surface area contributed by atoms with E-state index in [1.165, 1.54) is 5.01 Å². The molecule has 3 nitrogen and oxygen atoms in total. The van der Waals surface area contributed by atoms with Gasteiger partial charge in [-0.15, -0.1) is 11.3 Å². The first kappa shape index (κ1) is 14.9. The molecule has 0 amide bonds. The van der Waals surface area contributed by atoms with E-state index in [9.17, 15) is 4.79 Å². The molecule has 0 saturated heterocycles. The van der Waals surface area contributed by atoms with Crippen LogP contribution in [-0.4, -0.2) is 21.8 Å². The van der Waals surface area contributed by atoms with Crippen molar-refractivity contribution in [1.29, 1.82) is 0 Å². The minimum absolute atomic E-state index is 0.0827. The Balaban J connectivity index is 1.80. The Morgan fingerprint density at radius 2 is 2.21 bits per heavy atom. The van der Waals surface area contributed by atoms with E-state index in [1.54, 1.807) is 11.3 Å².